The van der Waals surface area contributed by atoms with Crippen molar-refractivity contribution in [1.82, 2.24) is 19.7 Å². The standard InChI is InChI=1S/C16H18FN5/c17-16-5-4-13(8-18)7-14(16)9-21-6-2-1-3-15(21)10-22-12-19-11-20-22/h4-5,7,11-12,15H,1-3,6,9-10H2. The third kappa shape index (κ3) is 3.31. The van der Waals surface area contributed by atoms with Crippen LogP contribution in [0.2, 0.25) is 0 Å². The second kappa shape index (κ2) is 6.67. The van der Waals surface area contributed by atoms with Crippen LogP contribution < -0.4 is 0 Å². The molecule has 2 aromatic rings. The smallest absolute Gasteiger partial charge is 0.137 e. The lowest BCUT2D eigenvalue weighted by Crippen LogP contribution is -2.41. The summed E-state index contributed by atoms with van der Waals surface area (Å²) in [5.41, 5.74) is 1.09. The minimum atomic E-state index is -0.246. The topological polar surface area (TPSA) is 57.7 Å². The second-order valence-electron chi connectivity index (χ2n) is 5.66. The van der Waals surface area contributed by atoms with E-state index in [1.165, 1.54) is 24.9 Å². The van der Waals surface area contributed by atoms with Crippen molar-refractivity contribution in [2.45, 2.75) is 38.4 Å². The first kappa shape index (κ1) is 14.7. The van der Waals surface area contributed by atoms with Gasteiger partial charge in [-0.05, 0) is 37.6 Å². The molecule has 0 bridgehead atoms. The van der Waals surface area contributed by atoms with Gasteiger partial charge in [-0.25, -0.2) is 9.37 Å². The molecule has 1 saturated heterocycles. The number of aromatic nitrogens is 3. The highest BCUT2D eigenvalue weighted by atomic mass is 19.1. The highest BCUT2D eigenvalue weighted by Gasteiger charge is 2.24. The summed E-state index contributed by atoms with van der Waals surface area (Å²) in [5, 5.41) is 13.1. The molecule has 2 heterocycles. The Morgan fingerprint density at radius 3 is 3.05 bits per heavy atom. The van der Waals surface area contributed by atoms with Crippen molar-refractivity contribution in [2.24, 2.45) is 0 Å². The first-order valence-corrected chi connectivity index (χ1v) is 7.51. The van der Waals surface area contributed by atoms with Crippen LogP contribution in [0.15, 0.2) is 30.9 Å². The van der Waals surface area contributed by atoms with E-state index in [9.17, 15) is 4.39 Å². The fourth-order valence-corrected chi connectivity index (χ4v) is 3.00. The van der Waals surface area contributed by atoms with E-state index in [1.54, 1.807) is 12.4 Å². The monoisotopic (exact) mass is 299 g/mol. The molecule has 5 nitrogen and oxygen atoms in total. The number of nitriles is 1. The zero-order chi connectivity index (χ0) is 15.4. The molecule has 0 spiro atoms. The van der Waals surface area contributed by atoms with E-state index in [0.717, 1.165) is 25.9 Å². The summed E-state index contributed by atoms with van der Waals surface area (Å²) in [7, 11) is 0. The third-order valence-corrected chi connectivity index (χ3v) is 4.16. The van der Waals surface area contributed by atoms with Gasteiger partial charge < -0.3 is 0 Å². The lowest BCUT2D eigenvalue weighted by molar-refractivity contribution is 0.120. The predicted molar refractivity (Wildman–Crippen MR) is 79.2 cm³/mol. The molecule has 1 aliphatic heterocycles. The highest BCUT2D eigenvalue weighted by Crippen LogP contribution is 2.22. The first-order valence-electron chi connectivity index (χ1n) is 7.51. The van der Waals surface area contributed by atoms with Crippen LogP contribution in [0.1, 0.15) is 30.4 Å². The van der Waals surface area contributed by atoms with E-state index >= 15 is 0 Å². The maximum atomic E-state index is 14.0. The van der Waals surface area contributed by atoms with Crippen molar-refractivity contribution in [3.05, 3.63) is 47.8 Å². The Kier molecular flexibility index (Phi) is 4.45. The number of hydrogen-bond acceptors (Lipinski definition) is 4. The van der Waals surface area contributed by atoms with Gasteiger partial charge in [0, 0.05) is 18.2 Å². The van der Waals surface area contributed by atoms with Crippen LogP contribution in [0.4, 0.5) is 4.39 Å². The van der Waals surface area contributed by atoms with Gasteiger partial charge in [-0.3, -0.25) is 9.58 Å². The highest BCUT2D eigenvalue weighted by molar-refractivity contribution is 5.33. The van der Waals surface area contributed by atoms with Gasteiger partial charge in [-0.2, -0.15) is 10.4 Å². The molecule has 0 amide bonds. The number of benzene rings is 1. The molecule has 0 aliphatic carbocycles. The van der Waals surface area contributed by atoms with E-state index in [-0.39, 0.29) is 5.82 Å². The van der Waals surface area contributed by atoms with Crippen molar-refractivity contribution in [3.8, 4) is 6.07 Å². The normalized spacial score (nSPS) is 19.0. The molecular formula is C16H18FN5. The predicted octanol–water partition coefficient (Wildman–Crippen LogP) is 2.34. The second-order valence-corrected chi connectivity index (χ2v) is 5.66. The summed E-state index contributed by atoms with van der Waals surface area (Å²) in [6.45, 7) is 2.23. The van der Waals surface area contributed by atoms with E-state index in [1.807, 2.05) is 4.68 Å². The number of likely N-dealkylation sites (tertiary alicyclic amines) is 1. The summed E-state index contributed by atoms with van der Waals surface area (Å²) in [6, 6.07) is 6.94. The Bertz CT molecular complexity index is 662. The lowest BCUT2D eigenvalue weighted by Gasteiger charge is -2.35. The van der Waals surface area contributed by atoms with Gasteiger partial charge >= 0.3 is 0 Å². The molecule has 1 unspecified atom stereocenters. The van der Waals surface area contributed by atoms with Gasteiger partial charge in [0.25, 0.3) is 0 Å². The van der Waals surface area contributed by atoms with Gasteiger partial charge in [-0.15, -0.1) is 0 Å². The first-order chi connectivity index (χ1) is 10.8. The average Bonchev–Trinajstić information content (AvgIpc) is 3.04. The maximum Gasteiger partial charge on any atom is 0.137 e. The minimum absolute atomic E-state index is 0.246. The van der Waals surface area contributed by atoms with E-state index in [2.05, 4.69) is 21.1 Å². The molecule has 1 aromatic carbocycles. The summed E-state index contributed by atoms with van der Waals surface area (Å²) in [5.74, 6) is -0.246. The Morgan fingerprint density at radius 1 is 1.36 bits per heavy atom. The van der Waals surface area contributed by atoms with E-state index < -0.39 is 0 Å². The molecule has 1 aliphatic rings. The van der Waals surface area contributed by atoms with Crippen molar-refractivity contribution in [2.75, 3.05) is 6.54 Å². The fourth-order valence-electron chi connectivity index (χ4n) is 3.00. The minimum Gasteiger partial charge on any atom is -0.294 e. The molecule has 1 fully saturated rings. The van der Waals surface area contributed by atoms with Crippen LogP contribution in [0.5, 0.6) is 0 Å². The third-order valence-electron chi connectivity index (χ3n) is 4.16. The lowest BCUT2D eigenvalue weighted by atomic mass is 10.0. The summed E-state index contributed by atoms with van der Waals surface area (Å²) < 4.78 is 15.8. The van der Waals surface area contributed by atoms with Crippen LogP contribution in [0.3, 0.4) is 0 Å². The van der Waals surface area contributed by atoms with Crippen LogP contribution in [0.25, 0.3) is 0 Å². The van der Waals surface area contributed by atoms with Crippen molar-refractivity contribution in [1.29, 1.82) is 5.26 Å². The molecule has 0 N–H and O–H groups in total. The van der Waals surface area contributed by atoms with Crippen molar-refractivity contribution < 1.29 is 4.39 Å². The SMILES string of the molecule is N#Cc1ccc(F)c(CN2CCCCC2Cn2cncn2)c1. The van der Waals surface area contributed by atoms with Crippen LogP contribution in [-0.4, -0.2) is 32.3 Å². The Balaban J connectivity index is 1.75. The molecule has 0 saturated carbocycles. The molecule has 22 heavy (non-hydrogen) atoms. The molecule has 114 valence electrons. The van der Waals surface area contributed by atoms with Crippen molar-refractivity contribution >= 4 is 0 Å². The van der Waals surface area contributed by atoms with Gasteiger partial charge in [0.2, 0.25) is 0 Å². The van der Waals surface area contributed by atoms with Crippen LogP contribution in [-0.2, 0) is 13.1 Å². The Hall–Kier alpha value is -2.26. The number of hydrogen-bond donors (Lipinski definition) is 0. The summed E-state index contributed by atoms with van der Waals surface area (Å²) in [4.78, 5) is 6.25. The number of halogens is 1. The number of piperidine rings is 1. The van der Waals surface area contributed by atoms with Gasteiger partial charge in [0.15, 0.2) is 0 Å². The largest absolute Gasteiger partial charge is 0.294 e. The Labute approximate surface area is 129 Å². The number of nitrogens with zero attached hydrogens (tertiary/aromatic N) is 5. The summed E-state index contributed by atoms with van der Waals surface area (Å²) in [6.07, 6.45) is 6.61. The van der Waals surface area contributed by atoms with Crippen molar-refractivity contribution in [3.63, 3.8) is 0 Å². The Morgan fingerprint density at radius 2 is 2.27 bits per heavy atom. The van der Waals surface area contributed by atoms with E-state index in [0.29, 0.717) is 23.7 Å². The zero-order valence-corrected chi connectivity index (χ0v) is 12.3. The zero-order valence-electron chi connectivity index (χ0n) is 12.3. The summed E-state index contributed by atoms with van der Waals surface area (Å²) >= 11 is 0. The van der Waals surface area contributed by atoms with Gasteiger partial charge in [-0.1, -0.05) is 6.42 Å². The van der Waals surface area contributed by atoms with Gasteiger partial charge in [0.05, 0.1) is 18.2 Å². The molecular weight excluding hydrogens is 281 g/mol. The molecule has 1 aromatic heterocycles. The molecule has 6 heteroatoms. The van der Waals surface area contributed by atoms with Crippen LogP contribution in [0, 0.1) is 17.1 Å². The molecule has 3 rings (SSSR count). The van der Waals surface area contributed by atoms with Crippen LogP contribution >= 0.6 is 0 Å². The van der Waals surface area contributed by atoms with Gasteiger partial charge in [0.1, 0.15) is 18.5 Å². The number of rotatable bonds is 4. The molecule has 1 atom stereocenters. The average molecular weight is 299 g/mol. The molecule has 0 radical (unpaired) electrons. The van der Waals surface area contributed by atoms with E-state index in [4.69, 9.17) is 5.26 Å². The maximum absolute atomic E-state index is 14.0. The quantitative estimate of drug-likeness (QED) is 0.869. The fraction of sp³-hybridized carbons (Fsp3) is 0.438.